The first-order chi connectivity index (χ1) is 17.5. The molecule has 0 aliphatic carbocycles. The van der Waals surface area contributed by atoms with Crippen LogP contribution in [0.15, 0.2) is 42.5 Å². The topological polar surface area (TPSA) is 51.7 Å². The number of nitrogens with one attached hydrogen (secondary N) is 1. The zero-order chi connectivity index (χ0) is 24.9. The Hall–Kier alpha value is -2.48. The quantitative estimate of drug-likeness (QED) is 0.459. The van der Waals surface area contributed by atoms with Crippen molar-refractivity contribution in [2.24, 2.45) is 5.92 Å². The summed E-state index contributed by atoms with van der Waals surface area (Å²) in [6, 6.07) is 15.2. The van der Waals surface area contributed by atoms with E-state index in [1.165, 1.54) is 21.4 Å². The van der Waals surface area contributed by atoms with E-state index in [1.54, 1.807) is 11.3 Å². The molecule has 3 heterocycles. The van der Waals surface area contributed by atoms with E-state index in [9.17, 15) is 4.79 Å². The number of hydrogen-bond acceptors (Lipinski definition) is 6. The fourth-order valence-corrected chi connectivity index (χ4v) is 6.71. The lowest BCUT2D eigenvalue weighted by Crippen LogP contribution is -2.47. The Morgan fingerprint density at radius 2 is 1.83 bits per heavy atom. The highest BCUT2D eigenvalue weighted by atomic mass is 32.1. The van der Waals surface area contributed by atoms with Gasteiger partial charge in [-0.15, -0.1) is 0 Å². The van der Waals surface area contributed by atoms with Gasteiger partial charge >= 0.3 is 0 Å². The first-order valence-corrected chi connectivity index (χ1v) is 14.3. The van der Waals surface area contributed by atoms with Gasteiger partial charge in [0.2, 0.25) is 5.91 Å². The number of aryl methyl sites for hydroxylation is 2. The smallest absolute Gasteiger partial charge is 0.224 e. The minimum absolute atomic E-state index is 0.0510. The normalized spacial score (nSPS) is 19.6. The SMILES string of the molecule is Cc1cc(C)c2nc(N3CCC[C@@H](C(=O)NCCCN4CCN(Cc5ccccc5)CC4)C3)sc2c1. The zero-order valence-electron chi connectivity index (χ0n) is 21.7. The highest BCUT2D eigenvalue weighted by Gasteiger charge is 2.27. The summed E-state index contributed by atoms with van der Waals surface area (Å²) in [6.07, 6.45) is 3.02. The summed E-state index contributed by atoms with van der Waals surface area (Å²) in [5.74, 6) is 0.260. The van der Waals surface area contributed by atoms with Gasteiger partial charge in [-0.3, -0.25) is 9.69 Å². The van der Waals surface area contributed by atoms with Gasteiger partial charge < -0.3 is 15.1 Å². The van der Waals surface area contributed by atoms with Crippen LogP contribution < -0.4 is 10.2 Å². The van der Waals surface area contributed by atoms with E-state index in [4.69, 9.17) is 4.98 Å². The van der Waals surface area contributed by atoms with Crippen molar-refractivity contribution in [2.75, 3.05) is 57.3 Å². The molecule has 6 nitrogen and oxygen atoms in total. The number of piperazine rings is 1. The molecule has 0 unspecified atom stereocenters. The molecule has 0 saturated carbocycles. The summed E-state index contributed by atoms with van der Waals surface area (Å²) < 4.78 is 1.25. The van der Waals surface area contributed by atoms with Crippen LogP contribution in [0.1, 0.15) is 36.0 Å². The Labute approximate surface area is 219 Å². The Morgan fingerprint density at radius 1 is 1.06 bits per heavy atom. The van der Waals surface area contributed by atoms with E-state index in [0.717, 1.165) is 88.8 Å². The number of piperidine rings is 1. The zero-order valence-corrected chi connectivity index (χ0v) is 22.5. The van der Waals surface area contributed by atoms with Crippen molar-refractivity contribution in [3.8, 4) is 0 Å². The van der Waals surface area contributed by atoms with Gasteiger partial charge in [0.1, 0.15) is 0 Å². The molecular weight excluding hydrogens is 466 g/mol. The Balaban J connectivity index is 1.03. The van der Waals surface area contributed by atoms with Crippen LogP contribution in [0.25, 0.3) is 10.2 Å². The number of carbonyl (C=O) groups is 1. The van der Waals surface area contributed by atoms with E-state index < -0.39 is 0 Å². The highest BCUT2D eigenvalue weighted by Crippen LogP contribution is 2.33. The molecule has 1 amide bonds. The summed E-state index contributed by atoms with van der Waals surface area (Å²) in [7, 11) is 0. The molecular formula is C29H39N5OS. The summed E-state index contributed by atoms with van der Waals surface area (Å²) in [6.45, 7) is 13.3. The molecule has 2 aliphatic heterocycles. The number of anilines is 1. The molecule has 5 rings (SSSR count). The molecule has 2 fully saturated rings. The van der Waals surface area contributed by atoms with Crippen LogP contribution in [0.5, 0.6) is 0 Å². The number of aromatic nitrogens is 1. The molecule has 3 aromatic rings. The summed E-state index contributed by atoms with van der Waals surface area (Å²) >= 11 is 1.76. The van der Waals surface area contributed by atoms with Crippen molar-refractivity contribution in [2.45, 2.75) is 39.7 Å². The third-order valence-corrected chi connectivity index (χ3v) is 8.61. The molecule has 192 valence electrons. The maximum absolute atomic E-state index is 12.9. The second-order valence-corrected chi connectivity index (χ2v) is 11.5. The number of carbonyl (C=O) groups excluding carboxylic acids is 1. The Kier molecular flexibility index (Phi) is 8.19. The number of rotatable bonds is 8. The molecule has 2 aromatic carbocycles. The summed E-state index contributed by atoms with van der Waals surface area (Å²) in [5, 5.41) is 4.29. The van der Waals surface area contributed by atoms with Crippen molar-refractivity contribution >= 4 is 32.6 Å². The standard InChI is InChI=1S/C29H39N5OS/c1-22-18-23(2)27-26(19-22)36-29(31-27)34-13-6-10-25(21-34)28(35)30-11-7-12-32-14-16-33(17-15-32)20-24-8-4-3-5-9-24/h3-5,8-9,18-19,25H,6-7,10-17,20-21H2,1-2H3,(H,30,35)/t25-/m1/s1. The lowest BCUT2D eigenvalue weighted by Gasteiger charge is -2.35. The monoisotopic (exact) mass is 505 g/mol. The van der Waals surface area contributed by atoms with Crippen molar-refractivity contribution in [3.63, 3.8) is 0 Å². The van der Waals surface area contributed by atoms with Gasteiger partial charge in [-0.2, -0.15) is 0 Å². The molecule has 0 bridgehead atoms. The van der Waals surface area contributed by atoms with Crippen LogP contribution in [0.2, 0.25) is 0 Å². The van der Waals surface area contributed by atoms with Crippen molar-refractivity contribution in [1.29, 1.82) is 0 Å². The third kappa shape index (κ3) is 6.25. The summed E-state index contributed by atoms with van der Waals surface area (Å²) in [4.78, 5) is 25.3. The molecule has 36 heavy (non-hydrogen) atoms. The minimum Gasteiger partial charge on any atom is -0.356 e. The highest BCUT2D eigenvalue weighted by molar-refractivity contribution is 7.22. The lowest BCUT2D eigenvalue weighted by atomic mass is 9.97. The van der Waals surface area contributed by atoms with Gasteiger partial charge in [-0.25, -0.2) is 4.98 Å². The van der Waals surface area contributed by atoms with E-state index in [0.29, 0.717) is 0 Å². The van der Waals surface area contributed by atoms with E-state index in [-0.39, 0.29) is 11.8 Å². The van der Waals surface area contributed by atoms with Crippen LogP contribution in [0.3, 0.4) is 0 Å². The Morgan fingerprint density at radius 3 is 2.64 bits per heavy atom. The fourth-order valence-electron chi connectivity index (χ4n) is 5.53. The molecule has 1 N–H and O–H groups in total. The van der Waals surface area contributed by atoms with Gasteiger partial charge in [0, 0.05) is 52.4 Å². The molecule has 2 aliphatic rings. The van der Waals surface area contributed by atoms with Gasteiger partial charge in [0.25, 0.3) is 0 Å². The van der Waals surface area contributed by atoms with Gasteiger partial charge in [0.15, 0.2) is 5.13 Å². The van der Waals surface area contributed by atoms with Crippen LogP contribution >= 0.6 is 11.3 Å². The number of hydrogen-bond donors (Lipinski definition) is 1. The van der Waals surface area contributed by atoms with Gasteiger partial charge in [-0.1, -0.05) is 47.7 Å². The maximum Gasteiger partial charge on any atom is 0.224 e. The number of nitrogens with zero attached hydrogens (tertiary/aromatic N) is 4. The van der Waals surface area contributed by atoms with Crippen LogP contribution in [-0.4, -0.2) is 73.0 Å². The average molecular weight is 506 g/mol. The average Bonchev–Trinajstić information content (AvgIpc) is 3.33. The first-order valence-electron chi connectivity index (χ1n) is 13.4. The molecule has 7 heteroatoms. The number of benzene rings is 2. The minimum atomic E-state index is 0.0510. The maximum atomic E-state index is 12.9. The molecule has 0 spiro atoms. The van der Waals surface area contributed by atoms with E-state index in [1.807, 2.05) is 0 Å². The fraction of sp³-hybridized carbons (Fsp3) is 0.517. The molecule has 1 aromatic heterocycles. The second kappa shape index (κ2) is 11.7. The van der Waals surface area contributed by atoms with E-state index in [2.05, 4.69) is 76.3 Å². The second-order valence-electron chi connectivity index (χ2n) is 10.5. The first kappa shape index (κ1) is 25.2. The van der Waals surface area contributed by atoms with Crippen LogP contribution in [-0.2, 0) is 11.3 Å². The number of fused-ring (bicyclic) bond motifs is 1. The van der Waals surface area contributed by atoms with Gasteiger partial charge in [-0.05, 0) is 62.4 Å². The van der Waals surface area contributed by atoms with Crippen molar-refractivity contribution in [3.05, 3.63) is 59.2 Å². The lowest BCUT2D eigenvalue weighted by molar-refractivity contribution is -0.125. The largest absolute Gasteiger partial charge is 0.356 e. The van der Waals surface area contributed by atoms with E-state index >= 15 is 0 Å². The van der Waals surface area contributed by atoms with Crippen molar-refractivity contribution < 1.29 is 4.79 Å². The van der Waals surface area contributed by atoms with Crippen LogP contribution in [0.4, 0.5) is 5.13 Å². The predicted octanol–water partition coefficient (Wildman–Crippen LogP) is 4.45. The van der Waals surface area contributed by atoms with Crippen LogP contribution in [0, 0.1) is 19.8 Å². The van der Waals surface area contributed by atoms with Gasteiger partial charge in [0.05, 0.1) is 16.1 Å². The summed E-state index contributed by atoms with van der Waals surface area (Å²) in [5.41, 5.74) is 5.01. The molecule has 1 atom stereocenters. The number of amides is 1. The number of thiazole rings is 1. The van der Waals surface area contributed by atoms with Crippen molar-refractivity contribution in [1.82, 2.24) is 20.1 Å². The molecule has 2 saturated heterocycles. The molecule has 0 radical (unpaired) electrons. The Bertz CT molecular complexity index is 1160. The predicted molar refractivity (Wildman–Crippen MR) is 150 cm³/mol. The third-order valence-electron chi connectivity index (χ3n) is 7.55.